The Hall–Kier alpha value is -2.58. The first-order valence-corrected chi connectivity index (χ1v) is 27.9. The first-order valence-electron chi connectivity index (χ1n) is 27.9. The number of carbonyl (C=O) groups excluding carboxylic acids is 6. The number of rotatable bonds is 6. The lowest BCUT2D eigenvalue weighted by atomic mass is 9.57. The minimum atomic E-state index is -0.409. The van der Waals surface area contributed by atoms with Gasteiger partial charge in [-0.15, -0.1) is 0 Å². The van der Waals surface area contributed by atoms with E-state index in [2.05, 4.69) is 0 Å². The normalized spacial score (nSPS) is 43.4. The fourth-order valence-corrected chi connectivity index (χ4v) is 18.5. The molecule has 3 saturated heterocycles. The molecule has 66 heavy (non-hydrogen) atoms. The molecule has 6 amide bonds. The van der Waals surface area contributed by atoms with Crippen LogP contribution in [0.15, 0.2) is 0 Å². The summed E-state index contributed by atoms with van der Waals surface area (Å²) in [5, 5.41) is 0. The van der Waals surface area contributed by atoms with E-state index in [1.807, 2.05) is 62.3 Å². The number of hydrogen-bond acceptors (Lipinski definition) is 6. The highest BCUT2D eigenvalue weighted by Gasteiger charge is 2.66. The van der Waals surface area contributed by atoms with Crippen LogP contribution in [-0.2, 0) is 28.8 Å². The monoisotopic (exact) mass is 910 g/mol. The lowest BCUT2D eigenvalue weighted by Gasteiger charge is -2.50. The zero-order valence-electron chi connectivity index (χ0n) is 42.5. The SMILES string of the molecule is CCC(C)(C)C(=O)N1CCC2C3CC(C4CCC34)C2C1=O.CCC(C)(C)C(=O)N1CCC2C3CC(C4CCCC34)C2C1=O.CCC(C)(C)C(=O)N1CCC2C3CC(C4CCCCC34)C2C1=O. The van der Waals surface area contributed by atoms with Crippen LogP contribution in [0.5, 0.6) is 0 Å². The molecule has 366 valence electrons. The largest absolute Gasteiger partial charge is 0.282 e. The zero-order valence-corrected chi connectivity index (χ0v) is 42.5. The molecule has 9 saturated carbocycles. The molecule has 12 aliphatic rings. The molecule has 0 spiro atoms. The van der Waals surface area contributed by atoms with Crippen molar-refractivity contribution in [1.29, 1.82) is 0 Å². The summed E-state index contributed by atoms with van der Waals surface area (Å²) in [6.07, 6.45) is 21.7. The number of fused-ring (bicyclic) bond motifs is 24. The number of nitrogens with zero attached hydrogens (tertiary/aromatic N) is 3. The molecular weight excluding hydrogens is 823 g/mol. The number of amides is 6. The van der Waals surface area contributed by atoms with E-state index >= 15 is 0 Å². The Bertz CT molecular complexity index is 1970. The molecule has 9 nitrogen and oxygen atoms in total. The highest BCUT2D eigenvalue weighted by Crippen LogP contribution is 2.68. The molecule has 0 radical (unpaired) electrons. The van der Waals surface area contributed by atoms with E-state index in [0.29, 0.717) is 55.1 Å². The van der Waals surface area contributed by atoms with Gasteiger partial charge < -0.3 is 0 Å². The fourth-order valence-electron chi connectivity index (χ4n) is 18.5. The van der Waals surface area contributed by atoms with Crippen molar-refractivity contribution >= 4 is 35.4 Å². The van der Waals surface area contributed by atoms with Crippen LogP contribution >= 0.6 is 0 Å². The van der Waals surface area contributed by atoms with Gasteiger partial charge in [0, 0.05) is 53.6 Å². The van der Waals surface area contributed by atoms with Crippen molar-refractivity contribution in [2.24, 2.45) is 123 Å². The lowest BCUT2D eigenvalue weighted by molar-refractivity contribution is -0.162. The predicted octanol–water partition coefficient (Wildman–Crippen LogP) is 10.4. The van der Waals surface area contributed by atoms with Gasteiger partial charge in [0.1, 0.15) is 0 Å². The van der Waals surface area contributed by atoms with Crippen molar-refractivity contribution in [2.75, 3.05) is 19.6 Å². The Morgan fingerprint density at radius 1 is 0.364 bits per heavy atom. The van der Waals surface area contributed by atoms with Gasteiger partial charge in [-0.25, -0.2) is 0 Å². The van der Waals surface area contributed by atoms with Gasteiger partial charge in [0.25, 0.3) is 0 Å². The van der Waals surface area contributed by atoms with Crippen LogP contribution in [0.1, 0.15) is 178 Å². The summed E-state index contributed by atoms with van der Waals surface area (Å²) in [5.74, 6) is 12.3. The molecular formula is C57H87N3O6. The van der Waals surface area contributed by atoms with E-state index in [4.69, 9.17) is 0 Å². The van der Waals surface area contributed by atoms with Crippen molar-refractivity contribution in [3.05, 3.63) is 0 Å². The van der Waals surface area contributed by atoms with Gasteiger partial charge in [0.05, 0.1) is 0 Å². The average Bonchev–Trinajstić information content (AvgIpc) is 4.17. The maximum Gasteiger partial charge on any atom is 0.234 e. The molecule has 12 rings (SSSR count). The van der Waals surface area contributed by atoms with Crippen molar-refractivity contribution in [3.63, 3.8) is 0 Å². The molecule has 9 aliphatic carbocycles. The second-order valence-electron chi connectivity index (χ2n) is 26.5. The topological polar surface area (TPSA) is 112 Å². The first-order chi connectivity index (χ1) is 31.4. The van der Waals surface area contributed by atoms with Gasteiger partial charge in [-0.2, -0.15) is 0 Å². The molecule has 0 aromatic heterocycles. The Balaban J connectivity index is 0.000000116. The molecule has 18 unspecified atom stereocenters. The third-order valence-corrected chi connectivity index (χ3v) is 23.1. The smallest absolute Gasteiger partial charge is 0.234 e. The Kier molecular flexibility index (Phi) is 12.2. The van der Waals surface area contributed by atoms with E-state index in [-0.39, 0.29) is 53.2 Å². The minimum absolute atomic E-state index is 0.0568. The molecule has 0 aromatic carbocycles. The van der Waals surface area contributed by atoms with E-state index in [0.717, 1.165) is 91.8 Å². The van der Waals surface area contributed by atoms with Crippen LogP contribution in [0.4, 0.5) is 0 Å². The summed E-state index contributed by atoms with van der Waals surface area (Å²) in [6.45, 7) is 20.0. The zero-order chi connectivity index (χ0) is 46.9. The highest BCUT2D eigenvalue weighted by atomic mass is 16.2. The molecule has 0 N–H and O–H groups in total. The third kappa shape index (κ3) is 7.12. The standard InChI is InChI=1S/C20H31NO2.C19H29NO2.C18H27NO2/c1-4-20(2,3)19(23)21-10-9-14-15-11-16(17(14)18(21)22)13-8-6-5-7-12(13)15;1-4-19(2,3)18(22)20-9-8-13-14-10-15(16(13)17(20)21)12-7-5-6-11(12)14;1-4-18(2,3)17(21)19-8-7-12-13-9-14(15(12)16(19)20)11-6-5-10(11)13/h12-17H,4-11H2,1-3H3;11-16H,4-10H2,1-3H3;10-15H,4-9H2,1-3H3. The van der Waals surface area contributed by atoms with Crippen LogP contribution in [0.3, 0.4) is 0 Å². The summed E-state index contributed by atoms with van der Waals surface area (Å²) >= 11 is 0. The van der Waals surface area contributed by atoms with Crippen molar-refractivity contribution in [1.82, 2.24) is 14.7 Å². The Morgan fingerprint density at radius 3 is 0.909 bits per heavy atom. The Labute approximate surface area is 397 Å². The number of hydrogen-bond donors (Lipinski definition) is 0. The van der Waals surface area contributed by atoms with Crippen molar-refractivity contribution in [2.45, 2.75) is 178 Å². The van der Waals surface area contributed by atoms with Crippen molar-refractivity contribution < 1.29 is 28.8 Å². The number of piperidine rings is 3. The summed E-state index contributed by atoms with van der Waals surface area (Å²) in [7, 11) is 0. The summed E-state index contributed by atoms with van der Waals surface area (Å²) in [6, 6.07) is 0. The first kappa shape index (κ1) is 47.1. The van der Waals surface area contributed by atoms with E-state index in [9.17, 15) is 28.8 Å². The molecule has 9 heteroatoms. The maximum absolute atomic E-state index is 13.2. The lowest BCUT2D eigenvalue weighted by Crippen LogP contribution is -2.56. The van der Waals surface area contributed by atoms with Crippen LogP contribution < -0.4 is 0 Å². The van der Waals surface area contributed by atoms with Crippen LogP contribution in [0.2, 0.25) is 0 Å². The van der Waals surface area contributed by atoms with E-state index < -0.39 is 16.2 Å². The van der Waals surface area contributed by atoms with Gasteiger partial charge in [-0.1, -0.05) is 81.6 Å². The molecule has 3 heterocycles. The maximum atomic E-state index is 13.2. The summed E-state index contributed by atoms with van der Waals surface area (Å²) in [4.78, 5) is 82.5. The predicted molar refractivity (Wildman–Crippen MR) is 254 cm³/mol. The summed E-state index contributed by atoms with van der Waals surface area (Å²) in [5.41, 5.74) is -1.22. The average molecular weight is 910 g/mol. The molecule has 6 bridgehead atoms. The second-order valence-corrected chi connectivity index (χ2v) is 26.5. The Morgan fingerprint density at radius 2 is 0.621 bits per heavy atom. The summed E-state index contributed by atoms with van der Waals surface area (Å²) < 4.78 is 0. The van der Waals surface area contributed by atoms with Crippen LogP contribution in [0, 0.1) is 123 Å². The highest BCUT2D eigenvalue weighted by molar-refractivity contribution is 6.01. The van der Waals surface area contributed by atoms with Crippen LogP contribution in [-0.4, -0.2) is 69.8 Å². The minimum Gasteiger partial charge on any atom is -0.282 e. The van der Waals surface area contributed by atoms with Crippen LogP contribution in [0.25, 0.3) is 0 Å². The van der Waals surface area contributed by atoms with E-state index in [1.165, 1.54) is 77.0 Å². The van der Waals surface area contributed by atoms with Gasteiger partial charge >= 0.3 is 0 Å². The third-order valence-electron chi connectivity index (χ3n) is 23.1. The van der Waals surface area contributed by atoms with Crippen molar-refractivity contribution in [3.8, 4) is 0 Å². The second kappa shape index (κ2) is 17.1. The number of imide groups is 3. The molecule has 0 aromatic rings. The van der Waals surface area contributed by atoms with Gasteiger partial charge in [0.15, 0.2) is 0 Å². The number of likely N-dealkylation sites (tertiary alicyclic amines) is 3. The molecule has 18 atom stereocenters. The molecule has 12 fully saturated rings. The quantitative estimate of drug-likeness (QED) is 0.262. The van der Waals surface area contributed by atoms with Gasteiger partial charge in [-0.3, -0.25) is 43.5 Å². The fraction of sp³-hybridized carbons (Fsp3) is 0.895. The number of carbonyl (C=O) groups is 6. The van der Waals surface area contributed by atoms with Gasteiger partial charge in [0.2, 0.25) is 35.4 Å². The molecule has 3 aliphatic heterocycles. The van der Waals surface area contributed by atoms with Gasteiger partial charge in [-0.05, 0) is 185 Å². The van der Waals surface area contributed by atoms with E-state index in [1.54, 1.807) is 14.7 Å².